The summed E-state index contributed by atoms with van der Waals surface area (Å²) in [7, 11) is 0. The van der Waals surface area contributed by atoms with Crippen LogP contribution in [0.1, 0.15) is 44.7 Å². The molecule has 1 nitrogen and oxygen atoms in total. The highest BCUT2D eigenvalue weighted by atomic mass is 14.7. The van der Waals surface area contributed by atoms with E-state index in [1.807, 2.05) is 0 Å². The van der Waals surface area contributed by atoms with E-state index in [9.17, 15) is 0 Å². The van der Waals surface area contributed by atoms with Crippen molar-refractivity contribution in [3.8, 4) is 0 Å². The number of hydrogen-bond acceptors (Lipinski definition) is 1. The number of aryl methyl sites for hydroxylation is 1. The maximum Gasteiger partial charge on any atom is 0.0409 e. The van der Waals surface area contributed by atoms with E-state index in [0.29, 0.717) is 5.92 Å². The first-order valence-electron chi connectivity index (χ1n) is 5.88. The minimum atomic E-state index is -0.199. The van der Waals surface area contributed by atoms with E-state index in [4.69, 9.17) is 5.73 Å². The molecule has 0 radical (unpaired) electrons. The molecule has 1 unspecified atom stereocenters. The Kier molecular flexibility index (Phi) is 3.92. The Bertz CT molecular complexity index is 311. The topological polar surface area (TPSA) is 26.0 Å². The van der Waals surface area contributed by atoms with Crippen LogP contribution < -0.4 is 5.73 Å². The van der Waals surface area contributed by atoms with Gasteiger partial charge in [0, 0.05) is 5.54 Å². The molecular weight excluding hydrogens is 182 g/mol. The molecule has 0 spiro atoms. The molecule has 0 aromatic heterocycles. The largest absolute Gasteiger partial charge is 0.321 e. The fraction of sp³-hybridized carbons (Fsp3) is 0.571. The van der Waals surface area contributed by atoms with Crippen molar-refractivity contribution in [3.63, 3.8) is 0 Å². The molecule has 1 rings (SSSR count). The monoisotopic (exact) mass is 205 g/mol. The van der Waals surface area contributed by atoms with Gasteiger partial charge in [0.1, 0.15) is 0 Å². The Morgan fingerprint density at radius 2 is 1.87 bits per heavy atom. The van der Waals surface area contributed by atoms with Crippen molar-refractivity contribution in [3.05, 3.63) is 35.4 Å². The molecule has 0 saturated heterocycles. The van der Waals surface area contributed by atoms with Crippen LogP contribution in [0.4, 0.5) is 0 Å². The van der Waals surface area contributed by atoms with Gasteiger partial charge in [0.05, 0.1) is 0 Å². The number of rotatable bonds is 4. The second kappa shape index (κ2) is 4.80. The Labute approximate surface area is 93.7 Å². The maximum atomic E-state index is 6.47. The van der Waals surface area contributed by atoms with Gasteiger partial charge in [-0.05, 0) is 25.3 Å². The molecular formula is C14H23N. The first kappa shape index (κ1) is 12.3. The molecule has 0 amide bonds. The molecule has 15 heavy (non-hydrogen) atoms. The van der Waals surface area contributed by atoms with Crippen LogP contribution in [0.25, 0.3) is 0 Å². The third-order valence-corrected chi connectivity index (χ3v) is 3.47. The number of benzene rings is 1. The Balaban J connectivity index is 3.03. The van der Waals surface area contributed by atoms with Crippen LogP contribution in [0.2, 0.25) is 0 Å². The van der Waals surface area contributed by atoms with Crippen LogP contribution in [-0.2, 0) is 5.54 Å². The second-order valence-electron chi connectivity index (χ2n) is 4.67. The summed E-state index contributed by atoms with van der Waals surface area (Å²) in [4.78, 5) is 0. The van der Waals surface area contributed by atoms with Gasteiger partial charge < -0.3 is 5.73 Å². The fourth-order valence-corrected chi connectivity index (χ4v) is 2.35. The first-order valence-corrected chi connectivity index (χ1v) is 5.88. The molecule has 1 heteroatoms. The molecule has 0 heterocycles. The van der Waals surface area contributed by atoms with Crippen LogP contribution in [-0.4, -0.2) is 0 Å². The van der Waals surface area contributed by atoms with Crippen LogP contribution in [0.3, 0.4) is 0 Å². The summed E-state index contributed by atoms with van der Waals surface area (Å²) in [5, 5.41) is 0. The van der Waals surface area contributed by atoms with Gasteiger partial charge in [0.2, 0.25) is 0 Å². The summed E-state index contributed by atoms with van der Waals surface area (Å²) in [5.41, 5.74) is 8.82. The van der Waals surface area contributed by atoms with Gasteiger partial charge in [-0.2, -0.15) is 0 Å². The van der Waals surface area contributed by atoms with Crippen molar-refractivity contribution < 1.29 is 0 Å². The molecule has 0 aliphatic carbocycles. The van der Waals surface area contributed by atoms with Gasteiger partial charge in [0.25, 0.3) is 0 Å². The highest BCUT2D eigenvalue weighted by molar-refractivity contribution is 5.28. The lowest BCUT2D eigenvalue weighted by atomic mass is 9.77. The Morgan fingerprint density at radius 1 is 1.27 bits per heavy atom. The third kappa shape index (κ3) is 2.60. The van der Waals surface area contributed by atoms with Gasteiger partial charge in [-0.15, -0.1) is 0 Å². The van der Waals surface area contributed by atoms with E-state index in [1.54, 1.807) is 0 Å². The smallest absolute Gasteiger partial charge is 0.0409 e. The molecule has 84 valence electrons. The average Bonchev–Trinajstić information content (AvgIpc) is 2.19. The first-order chi connectivity index (χ1) is 7.02. The van der Waals surface area contributed by atoms with E-state index in [2.05, 4.69) is 52.0 Å². The molecule has 2 N–H and O–H groups in total. The van der Waals surface area contributed by atoms with E-state index >= 15 is 0 Å². The van der Waals surface area contributed by atoms with Gasteiger partial charge >= 0.3 is 0 Å². The summed E-state index contributed by atoms with van der Waals surface area (Å²) in [5.74, 6) is 0.555. The quantitative estimate of drug-likeness (QED) is 0.798. The molecule has 0 aliphatic rings. The van der Waals surface area contributed by atoms with Gasteiger partial charge in [0.15, 0.2) is 0 Å². The molecule has 0 bridgehead atoms. The average molecular weight is 205 g/mol. The maximum absolute atomic E-state index is 6.47. The number of hydrogen-bond donors (Lipinski definition) is 1. The third-order valence-electron chi connectivity index (χ3n) is 3.47. The van der Waals surface area contributed by atoms with Gasteiger partial charge in [-0.1, -0.05) is 56.5 Å². The summed E-state index contributed by atoms with van der Waals surface area (Å²) in [6.07, 6.45) is 2.27. The van der Waals surface area contributed by atoms with E-state index in [1.165, 1.54) is 11.1 Å². The van der Waals surface area contributed by atoms with Crippen LogP contribution in [0.15, 0.2) is 24.3 Å². The minimum absolute atomic E-state index is 0.199. The summed E-state index contributed by atoms with van der Waals surface area (Å²) < 4.78 is 0. The summed E-state index contributed by atoms with van der Waals surface area (Å²) in [6.45, 7) is 8.70. The van der Waals surface area contributed by atoms with Crippen molar-refractivity contribution in [2.24, 2.45) is 11.7 Å². The lowest BCUT2D eigenvalue weighted by Crippen LogP contribution is -2.40. The Morgan fingerprint density at radius 3 is 2.33 bits per heavy atom. The molecule has 1 aromatic rings. The normalized spacial score (nSPS) is 15.3. The highest BCUT2D eigenvalue weighted by Crippen LogP contribution is 2.31. The van der Waals surface area contributed by atoms with Crippen molar-refractivity contribution in [2.75, 3.05) is 0 Å². The molecule has 1 aromatic carbocycles. The second-order valence-corrected chi connectivity index (χ2v) is 4.67. The lowest BCUT2D eigenvalue weighted by molar-refractivity contribution is 0.282. The minimum Gasteiger partial charge on any atom is -0.321 e. The zero-order chi connectivity index (χ0) is 11.5. The zero-order valence-corrected chi connectivity index (χ0v) is 10.4. The predicted molar refractivity (Wildman–Crippen MR) is 66.8 cm³/mol. The van der Waals surface area contributed by atoms with Crippen molar-refractivity contribution in [1.29, 1.82) is 0 Å². The van der Waals surface area contributed by atoms with Gasteiger partial charge in [-0.3, -0.25) is 0 Å². The van der Waals surface area contributed by atoms with Crippen molar-refractivity contribution >= 4 is 0 Å². The van der Waals surface area contributed by atoms with Crippen LogP contribution in [0.5, 0.6) is 0 Å². The van der Waals surface area contributed by atoms with Crippen molar-refractivity contribution in [1.82, 2.24) is 0 Å². The van der Waals surface area contributed by atoms with E-state index in [0.717, 1.165) is 12.8 Å². The van der Waals surface area contributed by atoms with Crippen LogP contribution >= 0.6 is 0 Å². The molecule has 0 aliphatic heterocycles. The van der Waals surface area contributed by atoms with Crippen LogP contribution in [0, 0.1) is 12.8 Å². The van der Waals surface area contributed by atoms with E-state index < -0.39 is 0 Å². The molecule has 1 atom stereocenters. The summed E-state index contributed by atoms with van der Waals surface area (Å²) >= 11 is 0. The SMILES string of the molecule is CCC(CC)C(C)(N)c1cccc(C)c1. The lowest BCUT2D eigenvalue weighted by Gasteiger charge is -2.34. The predicted octanol–water partition coefficient (Wildman–Crippen LogP) is 3.61. The summed E-state index contributed by atoms with van der Waals surface area (Å²) in [6, 6.07) is 8.56. The van der Waals surface area contributed by atoms with Gasteiger partial charge in [-0.25, -0.2) is 0 Å². The highest BCUT2D eigenvalue weighted by Gasteiger charge is 2.29. The number of nitrogens with two attached hydrogens (primary N) is 1. The standard InChI is InChI=1S/C14H23N/c1-5-12(6-2)14(4,15)13-9-7-8-11(3)10-13/h7-10,12H,5-6,15H2,1-4H3. The molecule has 0 saturated carbocycles. The fourth-order valence-electron chi connectivity index (χ4n) is 2.35. The van der Waals surface area contributed by atoms with E-state index in [-0.39, 0.29) is 5.54 Å². The van der Waals surface area contributed by atoms with Crippen molar-refractivity contribution in [2.45, 2.75) is 46.1 Å². The Hall–Kier alpha value is -0.820. The zero-order valence-electron chi connectivity index (χ0n) is 10.4. The molecule has 0 fully saturated rings.